The minimum Gasteiger partial charge on any atom is -0.354 e. The van der Waals surface area contributed by atoms with Crippen LogP contribution in [0.5, 0.6) is 0 Å². The Bertz CT molecular complexity index is 1030. The number of amides is 1. The predicted octanol–water partition coefficient (Wildman–Crippen LogP) is 5.37. The van der Waals surface area contributed by atoms with E-state index in [0.717, 1.165) is 16.8 Å². The SMILES string of the molecule is Cn1nc(C(F)F)cc1NC(=O)c1ccccc1Nc1ccccc1C(F)(F)F. The number of hydrogen-bond donors (Lipinski definition) is 2. The third kappa shape index (κ3) is 4.53. The van der Waals surface area contributed by atoms with Crippen LogP contribution in [0.2, 0.25) is 0 Å². The van der Waals surface area contributed by atoms with E-state index in [1.807, 2.05) is 0 Å². The van der Waals surface area contributed by atoms with Crippen LogP contribution in [-0.4, -0.2) is 15.7 Å². The van der Waals surface area contributed by atoms with Gasteiger partial charge in [-0.3, -0.25) is 9.48 Å². The third-order valence-corrected chi connectivity index (χ3v) is 4.04. The number of aromatic nitrogens is 2. The number of halogens is 5. The van der Waals surface area contributed by atoms with E-state index in [0.29, 0.717) is 0 Å². The quantitative estimate of drug-likeness (QED) is 0.556. The molecule has 152 valence electrons. The van der Waals surface area contributed by atoms with Crippen LogP contribution in [-0.2, 0) is 13.2 Å². The van der Waals surface area contributed by atoms with Gasteiger partial charge in [-0.15, -0.1) is 0 Å². The van der Waals surface area contributed by atoms with Gasteiger partial charge in [0, 0.05) is 13.1 Å². The number of hydrogen-bond acceptors (Lipinski definition) is 3. The molecule has 0 bridgehead atoms. The summed E-state index contributed by atoms with van der Waals surface area (Å²) in [5, 5.41) is 8.66. The molecule has 0 spiro atoms. The Morgan fingerprint density at radius 3 is 2.28 bits per heavy atom. The second-order valence-corrected chi connectivity index (χ2v) is 6.05. The Morgan fingerprint density at radius 1 is 1.03 bits per heavy atom. The monoisotopic (exact) mass is 410 g/mol. The molecule has 29 heavy (non-hydrogen) atoms. The van der Waals surface area contributed by atoms with Crippen molar-refractivity contribution < 1.29 is 26.7 Å². The van der Waals surface area contributed by atoms with Crippen molar-refractivity contribution in [3.05, 3.63) is 71.4 Å². The summed E-state index contributed by atoms with van der Waals surface area (Å²) >= 11 is 0. The molecule has 3 aromatic rings. The van der Waals surface area contributed by atoms with Crippen LogP contribution in [0.3, 0.4) is 0 Å². The lowest BCUT2D eigenvalue weighted by atomic mass is 10.1. The van der Waals surface area contributed by atoms with Gasteiger partial charge in [0.2, 0.25) is 0 Å². The van der Waals surface area contributed by atoms with Crippen LogP contribution in [0.4, 0.5) is 39.1 Å². The summed E-state index contributed by atoms with van der Waals surface area (Å²) in [6, 6.07) is 11.8. The van der Waals surface area contributed by atoms with Gasteiger partial charge in [0.1, 0.15) is 11.5 Å². The lowest BCUT2D eigenvalue weighted by Crippen LogP contribution is -2.16. The number of carbonyl (C=O) groups is 1. The molecule has 1 heterocycles. The van der Waals surface area contributed by atoms with Crippen molar-refractivity contribution in [3.63, 3.8) is 0 Å². The maximum absolute atomic E-state index is 13.2. The topological polar surface area (TPSA) is 59.0 Å². The first-order valence-corrected chi connectivity index (χ1v) is 8.32. The fourth-order valence-electron chi connectivity index (χ4n) is 2.67. The highest BCUT2D eigenvalue weighted by Gasteiger charge is 2.33. The molecule has 0 saturated heterocycles. The summed E-state index contributed by atoms with van der Waals surface area (Å²) in [5.74, 6) is -0.669. The normalized spacial score (nSPS) is 11.6. The van der Waals surface area contributed by atoms with E-state index in [9.17, 15) is 26.7 Å². The van der Waals surface area contributed by atoms with Gasteiger partial charge in [0.05, 0.1) is 22.5 Å². The average Bonchev–Trinajstić information content (AvgIpc) is 3.02. The third-order valence-electron chi connectivity index (χ3n) is 4.04. The number of aryl methyl sites for hydroxylation is 1. The minimum absolute atomic E-state index is 0.0239. The van der Waals surface area contributed by atoms with Crippen molar-refractivity contribution in [2.75, 3.05) is 10.6 Å². The summed E-state index contributed by atoms with van der Waals surface area (Å²) < 4.78 is 66.3. The van der Waals surface area contributed by atoms with Gasteiger partial charge in [0.25, 0.3) is 12.3 Å². The number of alkyl halides is 5. The smallest absolute Gasteiger partial charge is 0.354 e. The van der Waals surface area contributed by atoms with Crippen molar-refractivity contribution >= 4 is 23.1 Å². The minimum atomic E-state index is -4.58. The maximum Gasteiger partial charge on any atom is 0.418 e. The van der Waals surface area contributed by atoms with E-state index in [2.05, 4.69) is 15.7 Å². The van der Waals surface area contributed by atoms with Crippen LogP contribution < -0.4 is 10.6 Å². The van der Waals surface area contributed by atoms with Crippen molar-refractivity contribution in [1.82, 2.24) is 9.78 Å². The molecule has 1 aromatic heterocycles. The molecular formula is C19H15F5N4O. The molecule has 0 aliphatic heterocycles. The summed E-state index contributed by atoms with van der Waals surface area (Å²) in [6.45, 7) is 0. The number of anilines is 3. The Balaban J connectivity index is 1.89. The lowest BCUT2D eigenvalue weighted by molar-refractivity contribution is -0.136. The van der Waals surface area contributed by atoms with Crippen LogP contribution in [0.15, 0.2) is 54.6 Å². The molecule has 0 fully saturated rings. The van der Waals surface area contributed by atoms with Crippen molar-refractivity contribution in [2.24, 2.45) is 7.05 Å². The second-order valence-electron chi connectivity index (χ2n) is 6.05. The van der Waals surface area contributed by atoms with E-state index >= 15 is 0 Å². The highest BCUT2D eigenvalue weighted by Crippen LogP contribution is 2.36. The Morgan fingerprint density at radius 2 is 1.66 bits per heavy atom. The molecule has 2 N–H and O–H groups in total. The van der Waals surface area contributed by atoms with Gasteiger partial charge in [-0.05, 0) is 24.3 Å². The van der Waals surface area contributed by atoms with Crippen LogP contribution in [0.1, 0.15) is 28.0 Å². The van der Waals surface area contributed by atoms with E-state index in [1.165, 1.54) is 43.4 Å². The van der Waals surface area contributed by atoms with Crippen molar-refractivity contribution in [1.29, 1.82) is 0 Å². The van der Waals surface area contributed by atoms with Gasteiger partial charge in [-0.1, -0.05) is 24.3 Å². The molecule has 0 aliphatic carbocycles. The molecule has 3 rings (SSSR count). The second kappa shape index (κ2) is 7.90. The Hall–Kier alpha value is -3.43. The highest BCUT2D eigenvalue weighted by molar-refractivity contribution is 6.08. The zero-order valence-corrected chi connectivity index (χ0v) is 15.0. The van der Waals surface area contributed by atoms with E-state index in [-0.39, 0.29) is 22.8 Å². The standard InChI is InChI=1S/C19H15F5N4O/c1-28-16(10-15(27-28)17(20)21)26-18(29)11-6-2-4-8-13(11)25-14-9-5-3-7-12(14)19(22,23)24/h2-10,17,25H,1H3,(H,26,29). The fraction of sp³-hybridized carbons (Fsp3) is 0.158. The van der Waals surface area contributed by atoms with Crippen LogP contribution >= 0.6 is 0 Å². The average molecular weight is 410 g/mol. The number of carbonyl (C=O) groups excluding carboxylic acids is 1. The molecular weight excluding hydrogens is 395 g/mol. The van der Waals surface area contributed by atoms with Crippen LogP contribution in [0.25, 0.3) is 0 Å². The molecule has 0 atom stereocenters. The van der Waals surface area contributed by atoms with E-state index in [4.69, 9.17) is 0 Å². The first-order chi connectivity index (χ1) is 13.7. The molecule has 0 radical (unpaired) electrons. The zero-order valence-electron chi connectivity index (χ0n) is 15.0. The van der Waals surface area contributed by atoms with Gasteiger partial charge < -0.3 is 10.6 Å². The van der Waals surface area contributed by atoms with Gasteiger partial charge in [0.15, 0.2) is 0 Å². The van der Waals surface area contributed by atoms with E-state index in [1.54, 1.807) is 6.07 Å². The van der Waals surface area contributed by atoms with Crippen molar-refractivity contribution in [3.8, 4) is 0 Å². The van der Waals surface area contributed by atoms with E-state index < -0.39 is 29.8 Å². The first kappa shape index (κ1) is 20.3. The zero-order chi connectivity index (χ0) is 21.2. The molecule has 0 unspecified atom stereocenters. The number of nitrogens with zero attached hydrogens (tertiary/aromatic N) is 2. The predicted molar refractivity (Wildman–Crippen MR) is 97.3 cm³/mol. The van der Waals surface area contributed by atoms with Crippen LogP contribution in [0, 0.1) is 0 Å². The number of para-hydroxylation sites is 2. The Labute approximate surface area is 162 Å². The van der Waals surface area contributed by atoms with Gasteiger partial charge in [-0.2, -0.15) is 18.3 Å². The van der Waals surface area contributed by atoms with Gasteiger partial charge in [-0.25, -0.2) is 8.78 Å². The molecule has 2 aromatic carbocycles. The largest absolute Gasteiger partial charge is 0.418 e. The molecule has 0 saturated carbocycles. The summed E-state index contributed by atoms with van der Waals surface area (Å²) in [6.07, 6.45) is -7.39. The summed E-state index contributed by atoms with van der Waals surface area (Å²) in [4.78, 5) is 12.6. The highest BCUT2D eigenvalue weighted by atomic mass is 19.4. The first-order valence-electron chi connectivity index (χ1n) is 8.32. The molecule has 1 amide bonds. The molecule has 0 aliphatic rings. The number of rotatable bonds is 5. The van der Waals surface area contributed by atoms with Gasteiger partial charge >= 0.3 is 6.18 Å². The number of nitrogens with one attached hydrogen (secondary N) is 2. The fourth-order valence-corrected chi connectivity index (χ4v) is 2.67. The van der Waals surface area contributed by atoms with Crippen molar-refractivity contribution in [2.45, 2.75) is 12.6 Å². The molecule has 10 heteroatoms. The Kier molecular flexibility index (Phi) is 5.53. The maximum atomic E-state index is 13.2. The lowest BCUT2D eigenvalue weighted by Gasteiger charge is -2.16. The summed E-state index contributed by atoms with van der Waals surface area (Å²) in [7, 11) is 1.38. The number of benzene rings is 2. The molecule has 5 nitrogen and oxygen atoms in total. The summed E-state index contributed by atoms with van der Waals surface area (Å²) in [5.41, 5.74) is -1.46.